The summed E-state index contributed by atoms with van der Waals surface area (Å²) in [5, 5.41) is 1.02. The molecule has 0 bridgehead atoms. The summed E-state index contributed by atoms with van der Waals surface area (Å²) >= 11 is 22.4. The van der Waals surface area contributed by atoms with E-state index >= 15 is 0 Å². The van der Waals surface area contributed by atoms with E-state index in [4.69, 9.17) is 49.0 Å². The number of alkyl halides is 3. The summed E-state index contributed by atoms with van der Waals surface area (Å²) in [6.07, 6.45) is -3.58. The molecule has 0 fully saturated rings. The molecule has 0 saturated heterocycles. The van der Waals surface area contributed by atoms with Crippen molar-refractivity contribution in [3.63, 3.8) is 0 Å². The second-order valence-corrected chi connectivity index (χ2v) is 12.9. The summed E-state index contributed by atoms with van der Waals surface area (Å²) in [5.41, 5.74) is -1.69. The Kier molecular flexibility index (Phi) is 10.2. The maximum Gasteiger partial charge on any atom is 0.434 e. The Morgan fingerprint density at radius 1 is 1.09 bits per heavy atom. The van der Waals surface area contributed by atoms with Crippen LogP contribution in [-0.2, 0) is 16.1 Å². The predicted octanol–water partition coefficient (Wildman–Crippen LogP) is 7.65. The third-order valence-electron chi connectivity index (χ3n) is 6.70. The second kappa shape index (κ2) is 13.8. The molecule has 0 spiro atoms. The molecule has 0 aliphatic carbocycles. The van der Waals surface area contributed by atoms with Gasteiger partial charge in [0, 0.05) is 15.1 Å². The van der Waals surface area contributed by atoms with E-state index in [0.29, 0.717) is 36.4 Å². The van der Waals surface area contributed by atoms with E-state index in [2.05, 4.69) is 20.9 Å². The van der Waals surface area contributed by atoms with Gasteiger partial charge in [-0.25, -0.2) is 9.79 Å². The van der Waals surface area contributed by atoms with Crippen molar-refractivity contribution in [2.45, 2.75) is 25.7 Å². The van der Waals surface area contributed by atoms with Crippen molar-refractivity contribution in [3.8, 4) is 11.5 Å². The Hall–Kier alpha value is -3.29. The van der Waals surface area contributed by atoms with Crippen molar-refractivity contribution >= 4 is 74.1 Å². The van der Waals surface area contributed by atoms with Gasteiger partial charge in [0.2, 0.25) is 0 Å². The van der Waals surface area contributed by atoms with Crippen molar-refractivity contribution in [1.82, 2.24) is 4.57 Å². The van der Waals surface area contributed by atoms with Crippen LogP contribution < -0.4 is 24.4 Å². The number of hydrogen-bond donors (Lipinski definition) is 0. The van der Waals surface area contributed by atoms with Crippen LogP contribution in [0.25, 0.3) is 6.08 Å². The number of aromatic nitrogens is 1. The molecule has 1 atom stereocenters. The van der Waals surface area contributed by atoms with E-state index < -0.39 is 35.0 Å². The standard InChI is InChI=1S/C31H21BrCl3F3N2O5S/c1-3-44-29(42)24-25(16-5-7-19(33)8-6-16)40-28(41)23(46-30(40)39-27(24)31(36,37)38)12-17-11-18(32)13-22(43-2)26(17)45-14-15-4-9-20(34)21(35)10-15/h4-13,25H,3,14H2,1-2H3/b23-12-/t25-/m1/s1. The third-order valence-corrected chi connectivity index (χ3v) is 9.13. The van der Waals surface area contributed by atoms with Gasteiger partial charge in [-0.1, -0.05) is 80.3 Å². The summed E-state index contributed by atoms with van der Waals surface area (Å²) < 4.78 is 61.6. The van der Waals surface area contributed by atoms with Gasteiger partial charge in [0.15, 0.2) is 22.0 Å². The number of carbonyl (C=O) groups is 1. The van der Waals surface area contributed by atoms with Gasteiger partial charge in [-0.05, 0) is 60.5 Å². The molecule has 1 aliphatic heterocycles. The van der Waals surface area contributed by atoms with Crippen LogP contribution in [0.2, 0.25) is 15.1 Å². The van der Waals surface area contributed by atoms with E-state index in [1.54, 1.807) is 30.3 Å². The normalized spacial score (nSPS) is 15.0. The highest BCUT2D eigenvalue weighted by atomic mass is 79.9. The van der Waals surface area contributed by atoms with E-state index in [1.807, 2.05) is 0 Å². The minimum atomic E-state index is -5.04. The number of halogens is 7. The molecule has 5 rings (SSSR count). The van der Waals surface area contributed by atoms with Crippen molar-refractivity contribution in [2.75, 3.05) is 13.7 Å². The Labute approximate surface area is 287 Å². The van der Waals surface area contributed by atoms with E-state index in [0.717, 1.165) is 15.9 Å². The summed E-state index contributed by atoms with van der Waals surface area (Å²) in [6, 6.07) is 12.6. The fourth-order valence-corrected chi connectivity index (χ4v) is 6.62. The van der Waals surface area contributed by atoms with Crippen LogP contribution in [0.4, 0.5) is 13.2 Å². The summed E-state index contributed by atoms with van der Waals surface area (Å²) in [7, 11) is 1.44. The van der Waals surface area contributed by atoms with Gasteiger partial charge < -0.3 is 14.2 Å². The Morgan fingerprint density at radius 2 is 1.80 bits per heavy atom. The smallest absolute Gasteiger partial charge is 0.434 e. The SMILES string of the molecule is CCOC(=O)C1=C(C(F)(F)F)N=c2s/c(=C\c3cc(Br)cc(OC)c3OCc3ccc(Cl)c(Cl)c3)c(=O)n2[C@@H]1c1ccc(Cl)cc1. The fourth-order valence-electron chi connectivity index (χ4n) is 4.73. The predicted molar refractivity (Wildman–Crippen MR) is 174 cm³/mol. The Balaban J connectivity index is 1.72. The van der Waals surface area contributed by atoms with Crippen LogP contribution in [0, 0.1) is 0 Å². The molecule has 240 valence electrons. The third kappa shape index (κ3) is 7.01. The fraction of sp³-hybridized carbons (Fsp3) is 0.194. The molecule has 0 saturated carbocycles. The number of hydrogen-bond acceptors (Lipinski definition) is 7. The lowest BCUT2D eigenvalue weighted by Crippen LogP contribution is -2.41. The molecule has 0 N–H and O–H groups in total. The largest absolute Gasteiger partial charge is 0.493 e. The minimum Gasteiger partial charge on any atom is -0.493 e. The van der Waals surface area contributed by atoms with Gasteiger partial charge in [0.05, 0.1) is 39.9 Å². The van der Waals surface area contributed by atoms with E-state index in [9.17, 15) is 22.8 Å². The van der Waals surface area contributed by atoms with Crippen molar-refractivity contribution in [1.29, 1.82) is 0 Å². The van der Waals surface area contributed by atoms with Crippen molar-refractivity contribution < 1.29 is 32.2 Å². The molecule has 15 heteroatoms. The molecule has 1 aromatic heterocycles. The first-order valence-corrected chi connectivity index (χ1v) is 16.1. The lowest BCUT2D eigenvalue weighted by atomic mass is 9.95. The van der Waals surface area contributed by atoms with Crippen LogP contribution in [0.3, 0.4) is 0 Å². The average Bonchev–Trinajstić information content (AvgIpc) is 3.31. The number of rotatable bonds is 8. The number of fused-ring (bicyclic) bond motifs is 1. The highest BCUT2D eigenvalue weighted by molar-refractivity contribution is 9.10. The second-order valence-electron chi connectivity index (χ2n) is 9.68. The molecular formula is C31H21BrCl3F3N2O5S. The summed E-state index contributed by atoms with van der Waals surface area (Å²) in [6.45, 7) is 1.32. The van der Waals surface area contributed by atoms with Gasteiger partial charge in [0.1, 0.15) is 6.61 Å². The molecule has 1 aliphatic rings. The number of ether oxygens (including phenoxy) is 3. The topological polar surface area (TPSA) is 79.1 Å². The maximum atomic E-state index is 14.4. The minimum absolute atomic E-state index is 0.0175. The molecular weight excluding hydrogens is 756 g/mol. The first kappa shape index (κ1) is 34.1. The van der Waals surface area contributed by atoms with Crippen LogP contribution in [0.5, 0.6) is 11.5 Å². The van der Waals surface area contributed by atoms with E-state index in [1.165, 1.54) is 44.4 Å². The number of nitrogens with zero attached hydrogens (tertiary/aromatic N) is 2. The Morgan fingerprint density at radius 3 is 2.43 bits per heavy atom. The first-order chi connectivity index (χ1) is 21.8. The van der Waals surface area contributed by atoms with Crippen LogP contribution in [0.1, 0.15) is 29.7 Å². The van der Waals surface area contributed by atoms with Crippen molar-refractivity contribution in [2.24, 2.45) is 4.99 Å². The maximum absolute atomic E-state index is 14.4. The number of esters is 1. The molecule has 0 radical (unpaired) electrons. The zero-order valence-corrected chi connectivity index (χ0v) is 28.4. The van der Waals surface area contributed by atoms with E-state index in [-0.39, 0.29) is 33.9 Å². The van der Waals surface area contributed by atoms with Crippen LogP contribution in [-0.4, -0.2) is 30.4 Å². The summed E-state index contributed by atoms with van der Waals surface area (Å²) in [5.74, 6) is -0.681. The van der Waals surface area contributed by atoms with Gasteiger partial charge in [-0.15, -0.1) is 0 Å². The zero-order valence-electron chi connectivity index (χ0n) is 23.8. The number of carbonyl (C=O) groups excluding carboxylic acids is 1. The molecule has 0 unspecified atom stereocenters. The monoisotopic (exact) mass is 774 g/mol. The quantitative estimate of drug-likeness (QED) is 0.172. The zero-order chi connectivity index (χ0) is 33.3. The molecule has 2 heterocycles. The van der Waals surface area contributed by atoms with Crippen LogP contribution in [0.15, 0.2) is 80.1 Å². The summed E-state index contributed by atoms with van der Waals surface area (Å²) in [4.78, 5) is 30.6. The van der Waals surface area contributed by atoms with Gasteiger partial charge in [-0.2, -0.15) is 13.2 Å². The Bertz CT molecular complexity index is 2050. The molecule has 4 aromatic rings. The average molecular weight is 777 g/mol. The van der Waals surface area contributed by atoms with Gasteiger partial charge in [-0.3, -0.25) is 9.36 Å². The van der Waals surface area contributed by atoms with Crippen molar-refractivity contribution in [3.05, 3.63) is 122 Å². The van der Waals surface area contributed by atoms with Crippen LogP contribution >= 0.6 is 62.1 Å². The lowest BCUT2D eigenvalue weighted by molar-refractivity contribution is -0.140. The molecule has 3 aromatic carbocycles. The lowest BCUT2D eigenvalue weighted by Gasteiger charge is -2.26. The van der Waals surface area contributed by atoms with Gasteiger partial charge in [0.25, 0.3) is 5.56 Å². The number of benzene rings is 3. The number of allylic oxidation sites excluding steroid dienone is 1. The molecule has 7 nitrogen and oxygen atoms in total. The van der Waals surface area contributed by atoms with Gasteiger partial charge >= 0.3 is 12.1 Å². The number of thiazole rings is 1. The number of methoxy groups -OCH3 is 1. The highest BCUT2D eigenvalue weighted by Gasteiger charge is 2.45. The highest BCUT2D eigenvalue weighted by Crippen LogP contribution is 2.39. The molecule has 0 amide bonds. The first-order valence-electron chi connectivity index (χ1n) is 13.3. The molecule has 46 heavy (non-hydrogen) atoms.